The van der Waals surface area contributed by atoms with E-state index in [1.54, 1.807) is 0 Å². The summed E-state index contributed by atoms with van der Waals surface area (Å²) < 4.78 is 16.9. The number of rotatable bonds is 1. The first-order valence-corrected chi connectivity index (χ1v) is 2.94. The SMILES string of the molecule is BOC(=O)c1ncccc1F. The van der Waals surface area contributed by atoms with Gasteiger partial charge >= 0.3 is 14.0 Å². The molecule has 1 rings (SSSR count). The Labute approximate surface area is 63.6 Å². The van der Waals surface area contributed by atoms with E-state index >= 15 is 0 Å². The quantitative estimate of drug-likeness (QED) is 0.530. The maximum atomic E-state index is 12.7. The number of carbonyl (C=O) groups is 1. The molecule has 1 aromatic rings. The first-order chi connectivity index (χ1) is 5.25. The third-order valence-corrected chi connectivity index (χ3v) is 1.14. The Bertz CT molecular complexity index is 279. The first kappa shape index (κ1) is 7.72. The van der Waals surface area contributed by atoms with E-state index < -0.39 is 11.8 Å². The summed E-state index contributed by atoms with van der Waals surface area (Å²) in [5, 5.41) is 0. The van der Waals surface area contributed by atoms with E-state index in [1.165, 1.54) is 20.3 Å². The van der Waals surface area contributed by atoms with Crippen LogP contribution >= 0.6 is 0 Å². The van der Waals surface area contributed by atoms with E-state index in [-0.39, 0.29) is 5.69 Å². The van der Waals surface area contributed by atoms with Crippen LogP contribution in [0.15, 0.2) is 18.3 Å². The van der Waals surface area contributed by atoms with Crippen LogP contribution in [0.3, 0.4) is 0 Å². The zero-order valence-corrected chi connectivity index (χ0v) is 5.87. The minimum absolute atomic E-state index is 0.282. The highest BCUT2D eigenvalue weighted by Crippen LogP contribution is 2.02. The number of nitrogens with zero attached hydrogens (tertiary/aromatic N) is 1. The minimum Gasteiger partial charge on any atom is -0.539 e. The Balaban J connectivity index is 3.03. The Morgan fingerprint density at radius 1 is 1.73 bits per heavy atom. The zero-order chi connectivity index (χ0) is 8.27. The van der Waals surface area contributed by atoms with Crippen molar-refractivity contribution in [2.45, 2.75) is 0 Å². The van der Waals surface area contributed by atoms with Gasteiger partial charge in [0, 0.05) is 6.20 Å². The van der Waals surface area contributed by atoms with Crippen LogP contribution < -0.4 is 0 Å². The normalized spacial score (nSPS) is 9.18. The molecule has 0 unspecified atom stereocenters. The lowest BCUT2D eigenvalue weighted by atomic mass is 10.3. The second kappa shape index (κ2) is 3.14. The van der Waals surface area contributed by atoms with Gasteiger partial charge in [0.1, 0.15) is 0 Å². The second-order valence-corrected chi connectivity index (χ2v) is 1.83. The van der Waals surface area contributed by atoms with E-state index in [1.807, 2.05) is 0 Å². The van der Waals surface area contributed by atoms with E-state index in [4.69, 9.17) is 0 Å². The molecule has 0 aliphatic carbocycles. The lowest BCUT2D eigenvalue weighted by molar-refractivity contribution is 0.0738. The predicted octanol–water partition coefficient (Wildman–Crippen LogP) is -0.0744. The molecule has 0 atom stereocenters. The van der Waals surface area contributed by atoms with Gasteiger partial charge in [-0.1, -0.05) is 0 Å². The van der Waals surface area contributed by atoms with Crippen molar-refractivity contribution in [3.63, 3.8) is 0 Å². The van der Waals surface area contributed by atoms with Gasteiger partial charge in [-0.2, -0.15) is 0 Å². The summed E-state index contributed by atoms with van der Waals surface area (Å²) in [6.45, 7) is 0. The molecule has 0 saturated carbocycles. The fourth-order valence-corrected chi connectivity index (χ4v) is 0.633. The van der Waals surface area contributed by atoms with Crippen LogP contribution in [0.1, 0.15) is 10.5 Å². The summed E-state index contributed by atoms with van der Waals surface area (Å²) >= 11 is 0. The molecule has 0 N–H and O–H groups in total. The van der Waals surface area contributed by atoms with Gasteiger partial charge in [0.15, 0.2) is 11.5 Å². The van der Waals surface area contributed by atoms with Crippen LogP contribution in [0.5, 0.6) is 0 Å². The number of hydrogen-bond donors (Lipinski definition) is 0. The summed E-state index contributed by atoms with van der Waals surface area (Å²) in [5.41, 5.74) is -0.282. The molecule has 3 nitrogen and oxygen atoms in total. The molecule has 1 heterocycles. The molecule has 0 bridgehead atoms. The largest absolute Gasteiger partial charge is 0.539 e. The first-order valence-electron chi connectivity index (χ1n) is 2.94. The van der Waals surface area contributed by atoms with E-state index in [0.29, 0.717) is 0 Å². The van der Waals surface area contributed by atoms with Gasteiger partial charge in [-0.25, -0.2) is 14.2 Å². The van der Waals surface area contributed by atoms with Crippen molar-refractivity contribution in [2.75, 3.05) is 0 Å². The van der Waals surface area contributed by atoms with Gasteiger partial charge in [-0.3, -0.25) is 0 Å². The third-order valence-electron chi connectivity index (χ3n) is 1.14. The summed E-state index contributed by atoms with van der Waals surface area (Å²) in [4.78, 5) is 14.2. The van der Waals surface area contributed by atoms with Crippen LogP contribution in [0.2, 0.25) is 0 Å². The van der Waals surface area contributed by atoms with Crippen molar-refractivity contribution in [3.05, 3.63) is 29.8 Å². The lowest BCUT2D eigenvalue weighted by Crippen LogP contribution is -2.07. The second-order valence-electron chi connectivity index (χ2n) is 1.83. The summed E-state index contributed by atoms with van der Waals surface area (Å²) in [6.07, 6.45) is 1.33. The fourth-order valence-electron chi connectivity index (χ4n) is 0.633. The molecule has 0 aliphatic rings. The van der Waals surface area contributed by atoms with Crippen molar-refractivity contribution < 1.29 is 13.8 Å². The van der Waals surface area contributed by atoms with Crippen molar-refractivity contribution in [3.8, 4) is 0 Å². The minimum atomic E-state index is -0.761. The van der Waals surface area contributed by atoms with Gasteiger partial charge < -0.3 is 4.65 Å². The van der Waals surface area contributed by atoms with Crippen LogP contribution in [0.4, 0.5) is 4.39 Å². The average molecular weight is 153 g/mol. The zero-order valence-electron chi connectivity index (χ0n) is 5.87. The molecular formula is C6H5BFNO2. The molecule has 0 spiro atoms. The van der Waals surface area contributed by atoms with Crippen LogP contribution in [0, 0.1) is 5.82 Å². The molecule has 0 aliphatic heterocycles. The monoisotopic (exact) mass is 153 g/mol. The topological polar surface area (TPSA) is 39.2 Å². The number of halogens is 1. The Hall–Kier alpha value is -1.39. The predicted molar refractivity (Wildman–Crippen MR) is 38.2 cm³/mol. The molecule has 5 heteroatoms. The summed E-state index contributed by atoms with van der Waals surface area (Å²) in [6, 6.07) is 2.56. The molecule has 1 aromatic heterocycles. The highest BCUT2D eigenvalue weighted by molar-refractivity contribution is 6.08. The van der Waals surface area contributed by atoms with Gasteiger partial charge in [-0.05, 0) is 12.1 Å². The molecule has 0 aromatic carbocycles. The van der Waals surface area contributed by atoms with Crippen LogP contribution in [0.25, 0.3) is 0 Å². The van der Waals surface area contributed by atoms with Gasteiger partial charge in [0.25, 0.3) is 0 Å². The Kier molecular flexibility index (Phi) is 2.20. The van der Waals surface area contributed by atoms with Crippen LogP contribution in [-0.4, -0.2) is 19.0 Å². The maximum absolute atomic E-state index is 12.7. The number of aromatic nitrogens is 1. The molecule has 0 fully saturated rings. The standard InChI is InChI=1S/C6H5BFNO2/c7-11-6(10)5-4(8)2-1-3-9-5/h1-3H,7H2. The van der Waals surface area contributed by atoms with E-state index in [9.17, 15) is 9.18 Å². The molecule has 0 saturated heterocycles. The fraction of sp³-hybridized carbons (Fsp3) is 0. The highest BCUT2D eigenvalue weighted by atomic mass is 19.1. The van der Waals surface area contributed by atoms with Gasteiger partial charge in [-0.15, -0.1) is 0 Å². The van der Waals surface area contributed by atoms with E-state index in [2.05, 4.69) is 9.64 Å². The lowest BCUT2D eigenvalue weighted by Gasteiger charge is -1.97. The van der Waals surface area contributed by atoms with Gasteiger partial charge in [0.05, 0.1) is 0 Å². The third kappa shape index (κ3) is 1.55. The van der Waals surface area contributed by atoms with Gasteiger partial charge in [0.2, 0.25) is 0 Å². The number of pyridine rings is 1. The van der Waals surface area contributed by atoms with Crippen molar-refractivity contribution >= 4 is 14.0 Å². The number of carbonyl (C=O) groups excluding carboxylic acids is 1. The smallest absolute Gasteiger partial charge is 0.341 e. The Morgan fingerprint density at radius 3 is 3.00 bits per heavy atom. The maximum Gasteiger partial charge on any atom is 0.341 e. The molecular weight excluding hydrogens is 148 g/mol. The molecule has 56 valence electrons. The summed E-state index contributed by atoms with van der Waals surface area (Å²) in [5.74, 6) is -1.43. The highest BCUT2D eigenvalue weighted by Gasteiger charge is 2.10. The van der Waals surface area contributed by atoms with Crippen molar-refractivity contribution in [1.82, 2.24) is 4.98 Å². The Morgan fingerprint density at radius 2 is 2.45 bits per heavy atom. The molecule has 0 radical (unpaired) electrons. The molecule has 11 heavy (non-hydrogen) atoms. The van der Waals surface area contributed by atoms with E-state index in [0.717, 1.165) is 6.07 Å². The molecule has 0 amide bonds. The van der Waals surface area contributed by atoms with Crippen molar-refractivity contribution in [2.24, 2.45) is 0 Å². The van der Waals surface area contributed by atoms with Crippen LogP contribution in [-0.2, 0) is 4.65 Å². The average Bonchev–Trinajstić information content (AvgIpc) is 2.04. The summed E-state index contributed by atoms with van der Waals surface area (Å²) in [7, 11) is 1.18. The van der Waals surface area contributed by atoms with Crippen molar-refractivity contribution in [1.29, 1.82) is 0 Å². The number of hydrogen-bond acceptors (Lipinski definition) is 3.